The second-order valence-corrected chi connectivity index (χ2v) is 7.45. The minimum Gasteiger partial charge on any atom is -0.317 e. The summed E-state index contributed by atoms with van der Waals surface area (Å²) < 4.78 is 1.36. The summed E-state index contributed by atoms with van der Waals surface area (Å²) in [5.74, 6) is 0.997. The lowest BCUT2D eigenvalue weighted by Crippen LogP contribution is -2.67. The van der Waals surface area contributed by atoms with E-state index in [1.807, 2.05) is 11.1 Å². The highest BCUT2D eigenvalue weighted by Crippen LogP contribution is 2.51. The minimum absolute atomic E-state index is 0.508. The molecule has 0 N–H and O–H groups in total. The summed E-state index contributed by atoms with van der Waals surface area (Å²) in [6.07, 6.45) is 11.4. The Labute approximate surface area is 113 Å². The monoisotopic (exact) mass is 248 g/mol. The molecule has 1 heteroatoms. The summed E-state index contributed by atoms with van der Waals surface area (Å²) in [4.78, 5) is 0. The van der Waals surface area contributed by atoms with Crippen LogP contribution in [0.4, 0.5) is 0 Å². The van der Waals surface area contributed by atoms with Crippen LogP contribution in [0.2, 0.25) is 0 Å². The molecule has 1 fully saturated rings. The Hall–Kier alpha value is -0.300. The Morgan fingerprint density at radius 3 is 2.89 bits per heavy atom. The third-order valence-electron chi connectivity index (χ3n) is 6.48. The third-order valence-corrected chi connectivity index (χ3v) is 6.48. The molecule has 2 aliphatic heterocycles. The predicted octanol–water partition coefficient (Wildman–Crippen LogP) is 4.29. The smallest absolute Gasteiger partial charge is 0.118 e. The van der Waals surface area contributed by atoms with Crippen LogP contribution in [0.15, 0.2) is 11.1 Å². The molecule has 0 aromatic heterocycles. The lowest BCUT2D eigenvalue weighted by atomic mass is 9.71. The predicted molar refractivity (Wildman–Crippen MR) is 77.4 cm³/mol. The number of piperidine rings is 1. The van der Waals surface area contributed by atoms with Crippen LogP contribution >= 0.6 is 0 Å². The van der Waals surface area contributed by atoms with Crippen molar-refractivity contribution in [1.82, 2.24) is 0 Å². The van der Waals surface area contributed by atoms with Gasteiger partial charge >= 0.3 is 0 Å². The van der Waals surface area contributed by atoms with E-state index < -0.39 is 0 Å². The average Bonchev–Trinajstić information content (AvgIpc) is 2.81. The largest absolute Gasteiger partial charge is 0.317 e. The van der Waals surface area contributed by atoms with E-state index >= 15 is 0 Å². The molecule has 0 spiro atoms. The Morgan fingerprint density at radius 1 is 1.28 bits per heavy atom. The zero-order chi connectivity index (χ0) is 12.8. The van der Waals surface area contributed by atoms with Crippen molar-refractivity contribution in [3.63, 3.8) is 0 Å². The summed E-state index contributed by atoms with van der Waals surface area (Å²) in [6.45, 7) is 7.80. The zero-order valence-corrected chi connectivity index (χ0v) is 12.6. The molecular formula is C17H30N+. The molecule has 0 bridgehead atoms. The van der Waals surface area contributed by atoms with Crippen molar-refractivity contribution >= 4 is 0 Å². The molecule has 0 unspecified atom stereocenters. The first-order valence-electron chi connectivity index (χ1n) is 8.15. The molecule has 0 saturated carbocycles. The first-order chi connectivity index (χ1) is 8.59. The van der Waals surface area contributed by atoms with E-state index in [1.165, 1.54) is 68.9 Å². The van der Waals surface area contributed by atoms with Gasteiger partial charge in [0.2, 0.25) is 0 Å². The van der Waals surface area contributed by atoms with Gasteiger partial charge in [0.15, 0.2) is 0 Å². The molecule has 0 radical (unpaired) electrons. The topological polar surface area (TPSA) is 0 Å². The van der Waals surface area contributed by atoms with Gasteiger partial charge in [-0.15, -0.1) is 0 Å². The first-order valence-corrected chi connectivity index (χ1v) is 8.15. The number of quaternary nitrogens is 1. The summed E-state index contributed by atoms with van der Waals surface area (Å²) in [7, 11) is 2.56. The van der Waals surface area contributed by atoms with Crippen LogP contribution in [0, 0.1) is 5.92 Å². The Bertz CT molecular complexity index is 370. The Kier molecular flexibility index (Phi) is 3.09. The number of fused-ring (bicyclic) bond motifs is 2. The SMILES string of the molecule is CCC[C@@H]1CC[C@]2(C)C3=C(CCC3)CC[N@@+]2(C)C1. The maximum Gasteiger partial charge on any atom is 0.118 e. The molecule has 3 atom stereocenters. The summed E-state index contributed by atoms with van der Waals surface area (Å²) in [5.41, 5.74) is 4.27. The second kappa shape index (κ2) is 4.37. The number of rotatable bonds is 2. The summed E-state index contributed by atoms with van der Waals surface area (Å²) >= 11 is 0. The molecule has 1 saturated heterocycles. The molecule has 0 amide bonds. The van der Waals surface area contributed by atoms with E-state index in [2.05, 4.69) is 20.9 Å². The molecule has 0 aromatic carbocycles. The van der Waals surface area contributed by atoms with E-state index in [0.717, 1.165) is 5.92 Å². The van der Waals surface area contributed by atoms with Crippen LogP contribution in [-0.4, -0.2) is 30.2 Å². The van der Waals surface area contributed by atoms with Crippen molar-refractivity contribution in [3.05, 3.63) is 11.1 Å². The molecule has 1 nitrogen and oxygen atoms in total. The van der Waals surface area contributed by atoms with E-state index in [9.17, 15) is 0 Å². The van der Waals surface area contributed by atoms with E-state index in [4.69, 9.17) is 0 Å². The van der Waals surface area contributed by atoms with Gasteiger partial charge in [-0.1, -0.05) is 18.9 Å². The van der Waals surface area contributed by atoms with Crippen LogP contribution in [-0.2, 0) is 0 Å². The average molecular weight is 248 g/mol. The van der Waals surface area contributed by atoms with Crippen LogP contribution in [0.3, 0.4) is 0 Å². The fourth-order valence-electron chi connectivity index (χ4n) is 5.19. The third kappa shape index (κ3) is 1.70. The van der Waals surface area contributed by atoms with Crippen molar-refractivity contribution in [2.75, 3.05) is 20.1 Å². The van der Waals surface area contributed by atoms with Gasteiger partial charge in [0.1, 0.15) is 5.54 Å². The molecule has 3 rings (SSSR count). The Balaban J connectivity index is 1.89. The first kappa shape index (κ1) is 12.7. The normalized spacial score (nSPS) is 43.8. The van der Waals surface area contributed by atoms with E-state index in [-0.39, 0.29) is 0 Å². The molecule has 102 valence electrons. The van der Waals surface area contributed by atoms with Crippen LogP contribution in [0.1, 0.15) is 65.2 Å². The Morgan fingerprint density at radius 2 is 2.11 bits per heavy atom. The molecular weight excluding hydrogens is 218 g/mol. The molecule has 3 aliphatic rings. The van der Waals surface area contributed by atoms with Gasteiger partial charge in [0.25, 0.3) is 0 Å². The van der Waals surface area contributed by atoms with Gasteiger partial charge in [-0.25, -0.2) is 0 Å². The van der Waals surface area contributed by atoms with Gasteiger partial charge in [-0.05, 0) is 44.6 Å². The number of hydrogen-bond donors (Lipinski definition) is 0. The fraction of sp³-hybridized carbons (Fsp3) is 0.882. The number of hydrogen-bond acceptors (Lipinski definition) is 0. The van der Waals surface area contributed by atoms with Crippen LogP contribution in [0.25, 0.3) is 0 Å². The lowest BCUT2D eigenvalue weighted by molar-refractivity contribution is -0.961. The van der Waals surface area contributed by atoms with Gasteiger partial charge in [-0.2, -0.15) is 0 Å². The van der Waals surface area contributed by atoms with Gasteiger partial charge in [-0.3, -0.25) is 0 Å². The van der Waals surface area contributed by atoms with Crippen LogP contribution < -0.4 is 0 Å². The fourth-order valence-corrected chi connectivity index (χ4v) is 5.19. The zero-order valence-electron chi connectivity index (χ0n) is 12.6. The second-order valence-electron chi connectivity index (χ2n) is 7.45. The highest BCUT2D eigenvalue weighted by molar-refractivity contribution is 5.30. The number of nitrogens with zero attached hydrogens (tertiary/aromatic N) is 1. The number of likely N-dealkylation sites (N-methyl/N-ethyl adjacent to an activating group) is 1. The minimum atomic E-state index is 0.508. The van der Waals surface area contributed by atoms with Crippen molar-refractivity contribution in [1.29, 1.82) is 0 Å². The highest BCUT2D eigenvalue weighted by atomic mass is 15.4. The van der Waals surface area contributed by atoms with Crippen molar-refractivity contribution in [2.45, 2.75) is 70.8 Å². The molecule has 18 heavy (non-hydrogen) atoms. The standard InChI is InChI=1S/C17H30N/c1-4-6-14-9-11-17(2)16-8-5-7-15(16)10-12-18(17,3)13-14/h14H,4-13H2,1-3H3/q+1/t14-,17-,18+/m1/s1. The van der Waals surface area contributed by atoms with E-state index in [0.29, 0.717) is 5.54 Å². The van der Waals surface area contributed by atoms with Gasteiger partial charge in [0, 0.05) is 18.8 Å². The van der Waals surface area contributed by atoms with Crippen molar-refractivity contribution in [2.24, 2.45) is 5.92 Å². The molecule has 1 aliphatic carbocycles. The quantitative estimate of drug-likeness (QED) is 0.505. The van der Waals surface area contributed by atoms with Crippen LogP contribution in [0.5, 0.6) is 0 Å². The maximum absolute atomic E-state index is 2.59. The van der Waals surface area contributed by atoms with Gasteiger partial charge in [0.05, 0.1) is 20.1 Å². The van der Waals surface area contributed by atoms with Gasteiger partial charge < -0.3 is 4.48 Å². The highest BCUT2D eigenvalue weighted by Gasteiger charge is 2.54. The van der Waals surface area contributed by atoms with Crippen molar-refractivity contribution in [3.8, 4) is 0 Å². The summed E-state index contributed by atoms with van der Waals surface area (Å²) in [6, 6.07) is 0. The lowest BCUT2D eigenvalue weighted by Gasteiger charge is -2.57. The van der Waals surface area contributed by atoms with E-state index in [1.54, 1.807) is 0 Å². The van der Waals surface area contributed by atoms with Crippen molar-refractivity contribution < 1.29 is 4.48 Å². The molecule has 0 aromatic rings. The summed E-state index contributed by atoms with van der Waals surface area (Å²) in [5, 5.41) is 0. The maximum atomic E-state index is 2.59. The molecule has 2 heterocycles.